The van der Waals surface area contributed by atoms with Gasteiger partial charge in [-0.05, 0) is 18.2 Å². The number of hydrogen-bond acceptors (Lipinski definition) is 4. The van der Waals surface area contributed by atoms with Crippen LogP contribution in [0.5, 0.6) is 0 Å². The van der Waals surface area contributed by atoms with Crippen LogP contribution in [0.25, 0.3) is 0 Å². The highest BCUT2D eigenvalue weighted by Gasteiger charge is 2.09. The van der Waals surface area contributed by atoms with Gasteiger partial charge in [0.05, 0.1) is 31.4 Å². The Labute approximate surface area is 116 Å². The molecule has 0 aliphatic rings. The first-order chi connectivity index (χ1) is 8.65. The summed E-state index contributed by atoms with van der Waals surface area (Å²) in [6.45, 7) is 1.47. The fourth-order valence-corrected chi connectivity index (χ4v) is 1.84. The molecule has 2 N–H and O–H groups in total. The van der Waals surface area contributed by atoms with E-state index >= 15 is 0 Å². The molecule has 0 bridgehead atoms. The quantitative estimate of drug-likeness (QED) is 0.566. The summed E-state index contributed by atoms with van der Waals surface area (Å²) in [6.07, 6.45) is 0. The number of rotatable bonds is 8. The van der Waals surface area contributed by atoms with Crippen molar-refractivity contribution in [2.75, 3.05) is 32.9 Å². The van der Waals surface area contributed by atoms with Gasteiger partial charge in [0.1, 0.15) is 0 Å². The zero-order valence-corrected chi connectivity index (χ0v) is 11.3. The second kappa shape index (κ2) is 8.45. The first-order valence-corrected chi connectivity index (χ1v) is 6.28. The number of ketones is 1. The number of aliphatic hydroxyl groups is 1. The minimum atomic E-state index is -0.0983. The van der Waals surface area contributed by atoms with E-state index in [1.165, 1.54) is 0 Å². The van der Waals surface area contributed by atoms with E-state index in [0.717, 1.165) is 0 Å². The van der Waals surface area contributed by atoms with Crippen molar-refractivity contribution in [1.29, 1.82) is 0 Å². The third kappa shape index (κ3) is 5.33. The first kappa shape index (κ1) is 15.4. The number of nitrogens with one attached hydrogen (secondary N) is 1. The molecule has 100 valence electrons. The lowest BCUT2D eigenvalue weighted by molar-refractivity contribution is 0.0907. The number of hydrogen-bond donors (Lipinski definition) is 2. The van der Waals surface area contributed by atoms with Gasteiger partial charge in [-0.2, -0.15) is 0 Å². The molecule has 6 heteroatoms. The van der Waals surface area contributed by atoms with Crippen molar-refractivity contribution in [2.24, 2.45) is 0 Å². The van der Waals surface area contributed by atoms with E-state index in [4.69, 9.17) is 33.0 Å². The third-order valence-electron chi connectivity index (χ3n) is 2.18. The lowest BCUT2D eigenvalue weighted by Gasteiger charge is -2.06. The summed E-state index contributed by atoms with van der Waals surface area (Å²) in [5.74, 6) is -0.0983. The summed E-state index contributed by atoms with van der Waals surface area (Å²) in [7, 11) is 0. The van der Waals surface area contributed by atoms with Crippen LogP contribution in [0.15, 0.2) is 18.2 Å². The molecule has 0 unspecified atom stereocenters. The van der Waals surface area contributed by atoms with Gasteiger partial charge < -0.3 is 15.2 Å². The average Bonchev–Trinajstić information content (AvgIpc) is 2.33. The van der Waals surface area contributed by atoms with Crippen LogP contribution in [-0.4, -0.2) is 43.8 Å². The Bertz CT molecular complexity index is 399. The van der Waals surface area contributed by atoms with Crippen LogP contribution in [-0.2, 0) is 4.74 Å². The molecule has 1 aromatic rings. The number of Topliss-reactive ketones (excluding diaryl/α,β-unsaturated/α-hetero) is 1. The van der Waals surface area contributed by atoms with Crippen LogP contribution in [0, 0.1) is 0 Å². The Morgan fingerprint density at radius 2 is 2.11 bits per heavy atom. The molecule has 0 radical (unpaired) electrons. The van der Waals surface area contributed by atoms with Gasteiger partial charge in [-0.1, -0.05) is 23.2 Å². The molecular formula is C12H15Cl2NO3. The first-order valence-electron chi connectivity index (χ1n) is 5.52. The van der Waals surface area contributed by atoms with Crippen LogP contribution in [0.3, 0.4) is 0 Å². The predicted octanol–water partition coefficient (Wildman–Crippen LogP) is 1.77. The van der Waals surface area contributed by atoms with E-state index < -0.39 is 0 Å². The zero-order valence-electron chi connectivity index (χ0n) is 9.79. The minimum Gasteiger partial charge on any atom is -0.394 e. The lowest BCUT2D eigenvalue weighted by atomic mass is 10.1. The third-order valence-corrected chi connectivity index (χ3v) is 2.72. The topological polar surface area (TPSA) is 58.6 Å². The Morgan fingerprint density at radius 3 is 2.78 bits per heavy atom. The second-order valence-electron chi connectivity index (χ2n) is 3.56. The highest BCUT2D eigenvalue weighted by atomic mass is 35.5. The van der Waals surface area contributed by atoms with Crippen LogP contribution < -0.4 is 5.32 Å². The molecule has 0 amide bonds. The molecule has 0 aliphatic heterocycles. The maximum absolute atomic E-state index is 11.8. The van der Waals surface area contributed by atoms with E-state index in [0.29, 0.717) is 35.4 Å². The van der Waals surface area contributed by atoms with E-state index in [2.05, 4.69) is 5.32 Å². The van der Waals surface area contributed by atoms with Crippen molar-refractivity contribution in [3.8, 4) is 0 Å². The lowest BCUT2D eigenvalue weighted by Crippen LogP contribution is -2.27. The number of halogens is 2. The largest absolute Gasteiger partial charge is 0.394 e. The Kier molecular flexibility index (Phi) is 7.23. The molecule has 0 saturated heterocycles. The number of aliphatic hydroxyl groups excluding tert-OH is 1. The van der Waals surface area contributed by atoms with Crippen LogP contribution in [0.2, 0.25) is 10.0 Å². The van der Waals surface area contributed by atoms with Gasteiger partial charge in [-0.3, -0.25) is 4.79 Å². The Balaban J connectivity index is 2.32. The second-order valence-corrected chi connectivity index (χ2v) is 4.40. The maximum Gasteiger partial charge on any atom is 0.178 e. The monoisotopic (exact) mass is 291 g/mol. The fraction of sp³-hybridized carbons (Fsp3) is 0.417. The van der Waals surface area contributed by atoms with E-state index in [1.54, 1.807) is 18.2 Å². The van der Waals surface area contributed by atoms with Gasteiger partial charge in [0, 0.05) is 17.1 Å². The summed E-state index contributed by atoms with van der Waals surface area (Å²) in [5.41, 5.74) is 0.449. The molecule has 0 atom stereocenters. The fourth-order valence-electron chi connectivity index (χ4n) is 1.32. The summed E-state index contributed by atoms with van der Waals surface area (Å²) in [4.78, 5) is 11.8. The van der Waals surface area contributed by atoms with Crippen molar-refractivity contribution in [1.82, 2.24) is 5.32 Å². The van der Waals surface area contributed by atoms with Crippen molar-refractivity contribution < 1.29 is 14.6 Å². The molecule has 0 fully saturated rings. The van der Waals surface area contributed by atoms with Gasteiger partial charge in [-0.25, -0.2) is 0 Å². The molecule has 1 aromatic carbocycles. The Hall–Kier alpha value is -0.650. The van der Waals surface area contributed by atoms with Crippen molar-refractivity contribution in [3.05, 3.63) is 33.8 Å². The summed E-state index contributed by atoms with van der Waals surface area (Å²) >= 11 is 11.7. The highest BCUT2D eigenvalue weighted by Crippen LogP contribution is 2.21. The summed E-state index contributed by atoms with van der Waals surface area (Å²) in [5, 5.41) is 12.3. The van der Waals surface area contributed by atoms with Crippen molar-refractivity contribution in [3.63, 3.8) is 0 Å². The number of carbonyl (C=O) groups excluding carboxylic acids is 1. The van der Waals surface area contributed by atoms with Crippen LogP contribution in [0.1, 0.15) is 10.4 Å². The van der Waals surface area contributed by atoms with Crippen molar-refractivity contribution in [2.45, 2.75) is 0 Å². The minimum absolute atomic E-state index is 0.000681. The van der Waals surface area contributed by atoms with Crippen LogP contribution >= 0.6 is 23.2 Å². The standard InChI is InChI=1S/C12H15Cl2NO3/c13-9-1-2-10(11(14)7-9)12(17)8-15-3-5-18-6-4-16/h1-2,7,15-16H,3-6,8H2. The smallest absolute Gasteiger partial charge is 0.178 e. The molecular weight excluding hydrogens is 277 g/mol. The predicted molar refractivity (Wildman–Crippen MR) is 71.6 cm³/mol. The van der Waals surface area contributed by atoms with Gasteiger partial charge in [0.25, 0.3) is 0 Å². The normalized spacial score (nSPS) is 10.6. The zero-order chi connectivity index (χ0) is 13.4. The highest BCUT2D eigenvalue weighted by molar-refractivity contribution is 6.36. The van der Waals surface area contributed by atoms with E-state index in [9.17, 15) is 4.79 Å². The van der Waals surface area contributed by atoms with E-state index in [1.807, 2.05) is 0 Å². The van der Waals surface area contributed by atoms with Gasteiger partial charge in [0.15, 0.2) is 5.78 Å². The van der Waals surface area contributed by atoms with Gasteiger partial charge in [0.2, 0.25) is 0 Å². The molecule has 0 saturated carbocycles. The number of benzene rings is 1. The summed E-state index contributed by atoms with van der Waals surface area (Å²) < 4.78 is 5.04. The molecule has 0 heterocycles. The van der Waals surface area contributed by atoms with E-state index in [-0.39, 0.29) is 18.9 Å². The SMILES string of the molecule is O=C(CNCCOCCO)c1ccc(Cl)cc1Cl. The number of ether oxygens (including phenoxy) is 1. The van der Waals surface area contributed by atoms with Crippen molar-refractivity contribution >= 4 is 29.0 Å². The number of carbonyl (C=O) groups is 1. The van der Waals surface area contributed by atoms with Gasteiger partial charge in [-0.15, -0.1) is 0 Å². The molecule has 0 spiro atoms. The van der Waals surface area contributed by atoms with Gasteiger partial charge >= 0.3 is 0 Å². The molecule has 0 aliphatic carbocycles. The maximum atomic E-state index is 11.8. The molecule has 4 nitrogen and oxygen atoms in total. The molecule has 18 heavy (non-hydrogen) atoms. The van der Waals surface area contributed by atoms with Crippen LogP contribution in [0.4, 0.5) is 0 Å². The summed E-state index contributed by atoms with van der Waals surface area (Å²) in [6, 6.07) is 4.78. The Morgan fingerprint density at radius 1 is 1.33 bits per heavy atom. The average molecular weight is 292 g/mol. The molecule has 0 aromatic heterocycles. The molecule has 1 rings (SSSR count).